The first-order valence-corrected chi connectivity index (χ1v) is 6.29. The van der Waals surface area contributed by atoms with Crippen molar-refractivity contribution in [1.82, 2.24) is 15.0 Å². The van der Waals surface area contributed by atoms with E-state index in [-0.39, 0.29) is 5.91 Å². The quantitative estimate of drug-likeness (QED) is 0.912. The Kier molecular flexibility index (Phi) is 2.95. The van der Waals surface area contributed by atoms with Crippen molar-refractivity contribution >= 4 is 11.7 Å². The van der Waals surface area contributed by atoms with E-state index in [0.29, 0.717) is 17.4 Å². The minimum absolute atomic E-state index is 0.244. The first-order chi connectivity index (χ1) is 9.24. The third kappa shape index (κ3) is 2.59. The van der Waals surface area contributed by atoms with Gasteiger partial charge in [-0.15, -0.1) is 0 Å². The summed E-state index contributed by atoms with van der Waals surface area (Å²) < 4.78 is 0. The van der Waals surface area contributed by atoms with Gasteiger partial charge in [-0.05, 0) is 37.5 Å². The number of hydrogen-bond acceptors (Lipinski definition) is 4. The molecule has 2 heterocycles. The summed E-state index contributed by atoms with van der Waals surface area (Å²) in [6.45, 7) is 1.90. The monoisotopic (exact) mass is 254 g/mol. The lowest BCUT2D eigenvalue weighted by Crippen LogP contribution is -2.16. The number of amides is 1. The summed E-state index contributed by atoms with van der Waals surface area (Å²) in [7, 11) is 0. The molecule has 0 aliphatic heterocycles. The van der Waals surface area contributed by atoms with Crippen LogP contribution in [0.25, 0.3) is 0 Å². The molecule has 0 aromatic carbocycles. The van der Waals surface area contributed by atoms with Crippen LogP contribution in [0.15, 0.2) is 30.7 Å². The first-order valence-electron chi connectivity index (χ1n) is 6.29. The second-order valence-corrected chi connectivity index (χ2v) is 4.73. The van der Waals surface area contributed by atoms with Crippen LogP contribution in [-0.4, -0.2) is 20.9 Å². The second kappa shape index (κ2) is 4.76. The molecule has 1 fully saturated rings. The maximum Gasteiger partial charge on any atom is 0.275 e. The predicted octanol–water partition coefficient (Wildman–Crippen LogP) is 2.31. The Bertz CT molecular complexity index is 622. The highest BCUT2D eigenvalue weighted by Crippen LogP contribution is 2.38. The summed E-state index contributed by atoms with van der Waals surface area (Å²) in [5, 5.41) is 2.77. The average Bonchev–Trinajstić information content (AvgIpc) is 3.26. The van der Waals surface area contributed by atoms with Crippen LogP contribution in [0, 0.1) is 6.92 Å². The molecule has 2 aromatic heterocycles. The summed E-state index contributed by atoms with van der Waals surface area (Å²) in [6, 6.07) is 5.50. The van der Waals surface area contributed by atoms with Crippen LogP contribution in [-0.2, 0) is 0 Å². The predicted molar refractivity (Wildman–Crippen MR) is 70.9 cm³/mol. The zero-order valence-corrected chi connectivity index (χ0v) is 10.6. The Morgan fingerprint density at radius 1 is 1.32 bits per heavy atom. The van der Waals surface area contributed by atoms with Gasteiger partial charge in [0.15, 0.2) is 0 Å². The highest BCUT2D eigenvalue weighted by molar-refractivity contribution is 6.02. The number of hydrogen-bond donors (Lipinski definition) is 1. The summed E-state index contributed by atoms with van der Waals surface area (Å²) in [5.74, 6) is 0.830. The molecule has 0 atom stereocenters. The second-order valence-electron chi connectivity index (χ2n) is 4.73. The fraction of sp³-hybridized carbons (Fsp3) is 0.286. The lowest BCUT2D eigenvalue weighted by Gasteiger charge is -2.06. The third-order valence-corrected chi connectivity index (χ3v) is 3.16. The molecule has 1 saturated carbocycles. The van der Waals surface area contributed by atoms with Crippen LogP contribution >= 0.6 is 0 Å². The molecule has 1 amide bonds. The molecule has 1 N–H and O–H groups in total. The van der Waals surface area contributed by atoms with Gasteiger partial charge in [-0.1, -0.05) is 6.07 Å². The van der Waals surface area contributed by atoms with E-state index in [1.807, 2.05) is 19.1 Å². The zero-order chi connectivity index (χ0) is 13.2. The lowest BCUT2D eigenvalue weighted by atomic mass is 10.2. The number of rotatable bonds is 3. The number of nitrogens with one attached hydrogen (secondary N) is 1. The van der Waals surface area contributed by atoms with Crippen LogP contribution < -0.4 is 5.32 Å². The standard InChI is InChI=1S/C14H14N4O/c1-9-3-2-6-15-13(9)18-14(19)12-7-11(10-4-5-10)16-8-17-12/h2-3,6-8,10H,4-5H2,1H3,(H,15,18,19). The van der Waals surface area contributed by atoms with Crippen molar-refractivity contribution in [3.63, 3.8) is 0 Å². The van der Waals surface area contributed by atoms with Gasteiger partial charge < -0.3 is 5.32 Å². The van der Waals surface area contributed by atoms with Gasteiger partial charge in [0, 0.05) is 17.8 Å². The molecule has 0 radical (unpaired) electrons. The van der Waals surface area contributed by atoms with Gasteiger partial charge in [0.25, 0.3) is 5.91 Å². The molecule has 1 aliphatic rings. The minimum atomic E-state index is -0.244. The maximum atomic E-state index is 12.1. The SMILES string of the molecule is Cc1cccnc1NC(=O)c1cc(C2CC2)ncn1. The molecule has 1 aliphatic carbocycles. The molecule has 0 spiro atoms. The van der Waals surface area contributed by atoms with Crippen molar-refractivity contribution in [2.24, 2.45) is 0 Å². The average molecular weight is 254 g/mol. The molecule has 5 heteroatoms. The van der Waals surface area contributed by atoms with E-state index < -0.39 is 0 Å². The molecule has 3 rings (SSSR count). The van der Waals surface area contributed by atoms with Gasteiger partial charge in [-0.2, -0.15) is 0 Å². The summed E-state index contributed by atoms with van der Waals surface area (Å²) >= 11 is 0. The molecule has 5 nitrogen and oxygen atoms in total. The molecule has 96 valence electrons. The maximum absolute atomic E-state index is 12.1. The van der Waals surface area contributed by atoms with E-state index >= 15 is 0 Å². The zero-order valence-electron chi connectivity index (χ0n) is 10.6. The summed E-state index contributed by atoms with van der Waals surface area (Å²) in [5.41, 5.74) is 2.27. The van der Waals surface area contributed by atoms with Crippen molar-refractivity contribution in [2.45, 2.75) is 25.7 Å². The number of nitrogens with zero attached hydrogens (tertiary/aromatic N) is 3. The molecule has 2 aromatic rings. The molecule has 0 unspecified atom stereocenters. The van der Waals surface area contributed by atoms with Crippen molar-refractivity contribution in [3.05, 3.63) is 47.7 Å². The van der Waals surface area contributed by atoms with E-state index in [1.165, 1.54) is 6.33 Å². The largest absolute Gasteiger partial charge is 0.305 e. The van der Waals surface area contributed by atoms with E-state index in [4.69, 9.17) is 0 Å². The highest BCUT2D eigenvalue weighted by atomic mass is 16.1. The number of carbonyl (C=O) groups is 1. The van der Waals surface area contributed by atoms with Gasteiger partial charge in [0.2, 0.25) is 0 Å². The van der Waals surface area contributed by atoms with E-state index in [1.54, 1.807) is 12.3 Å². The van der Waals surface area contributed by atoms with Crippen molar-refractivity contribution in [2.75, 3.05) is 5.32 Å². The number of aryl methyl sites for hydroxylation is 1. The fourth-order valence-corrected chi connectivity index (χ4v) is 1.89. The number of pyridine rings is 1. The van der Waals surface area contributed by atoms with Gasteiger partial charge in [0.05, 0.1) is 0 Å². The van der Waals surface area contributed by atoms with Crippen LogP contribution in [0.1, 0.15) is 40.5 Å². The van der Waals surface area contributed by atoms with Gasteiger partial charge in [0.1, 0.15) is 17.8 Å². The van der Waals surface area contributed by atoms with Crippen LogP contribution in [0.2, 0.25) is 0 Å². The topological polar surface area (TPSA) is 67.8 Å². The molecule has 0 saturated heterocycles. The molecular formula is C14H14N4O. The van der Waals surface area contributed by atoms with Gasteiger partial charge in [-0.25, -0.2) is 15.0 Å². The van der Waals surface area contributed by atoms with Crippen LogP contribution in [0.5, 0.6) is 0 Å². The Morgan fingerprint density at radius 2 is 2.16 bits per heavy atom. The Labute approximate surface area is 111 Å². The summed E-state index contributed by atoms with van der Waals surface area (Å²) in [4.78, 5) is 24.5. The number of anilines is 1. The number of aromatic nitrogens is 3. The van der Waals surface area contributed by atoms with Crippen molar-refractivity contribution in [1.29, 1.82) is 0 Å². The van der Waals surface area contributed by atoms with E-state index in [2.05, 4.69) is 20.3 Å². The number of carbonyl (C=O) groups excluding carboxylic acids is 1. The Morgan fingerprint density at radius 3 is 2.89 bits per heavy atom. The highest BCUT2D eigenvalue weighted by Gasteiger charge is 2.26. The molecule has 19 heavy (non-hydrogen) atoms. The molecular weight excluding hydrogens is 240 g/mol. The van der Waals surface area contributed by atoms with Crippen molar-refractivity contribution < 1.29 is 4.79 Å². The minimum Gasteiger partial charge on any atom is -0.305 e. The third-order valence-electron chi connectivity index (χ3n) is 3.16. The van der Waals surface area contributed by atoms with E-state index in [0.717, 1.165) is 24.1 Å². The van der Waals surface area contributed by atoms with Crippen LogP contribution in [0.4, 0.5) is 5.82 Å². The van der Waals surface area contributed by atoms with Gasteiger partial charge in [-0.3, -0.25) is 4.79 Å². The Balaban J connectivity index is 1.80. The van der Waals surface area contributed by atoms with Crippen molar-refractivity contribution in [3.8, 4) is 0 Å². The smallest absolute Gasteiger partial charge is 0.275 e. The fourth-order valence-electron chi connectivity index (χ4n) is 1.89. The normalized spacial score (nSPS) is 14.2. The van der Waals surface area contributed by atoms with Crippen LogP contribution in [0.3, 0.4) is 0 Å². The summed E-state index contributed by atoms with van der Waals surface area (Å²) in [6.07, 6.45) is 5.40. The van der Waals surface area contributed by atoms with Gasteiger partial charge >= 0.3 is 0 Å². The Hall–Kier alpha value is -2.30. The lowest BCUT2D eigenvalue weighted by molar-refractivity contribution is 0.102. The van der Waals surface area contributed by atoms with E-state index in [9.17, 15) is 4.79 Å². The molecule has 0 bridgehead atoms. The first kappa shape index (κ1) is 11.8.